The van der Waals surface area contributed by atoms with Crippen LogP contribution >= 0.6 is 11.6 Å². The lowest BCUT2D eigenvalue weighted by Crippen LogP contribution is -2.41. The van der Waals surface area contributed by atoms with E-state index in [-0.39, 0.29) is 11.4 Å². The van der Waals surface area contributed by atoms with Gasteiger partial charge < -0.3 is 19.4 Å². The standard InChI is InChI=1S/C20H26ClN3O3/c1-26-10-8-20(6-7-20)23-18(25)11-14-3-2-9-24(13-14)19-22-16-5-4-15(21)12-17(16)27-19/h4-5,12,14H,2-3,6-11,13H2,1H3,(H,23,25). The highest BCUT2D eigenvalue weighted by Crippen LogP contribution is 2.39. The molecule has 0 radical (unpaired) electrons. The molecular formula is C20H26ClN3O3. The molecule has 2 aliphatic rings. The van der Waals surface area contributed by atoms with Crippen molar-refractivity contribution in [1.82, 2.24) is 10.3 Å². The number of fused-ring (bicyclic) bond motifs is 1. The summed E-state index contributed by atoms with van der Waals surface area (Å²) >= 11 is 6.03. The zero-order valence-electron chi connectivity index (χ0n) is 15.7. The molecule has 7 heteroatoms. The number of oxazole rings is 1. The summed E-state index contributed by atoms with van der Waals surface area (Å²) in [4.78, 5) is 19.3. The zero-order chi connectivity index (χ0) is 18.9. The van der Waals surface area contributed by atoms with Crippen LogP contribution in [0.1, 0.15) is 38.5 Å². The number of hydrogen-bond donors (Lipinski definition) is 1. The summed E-state index contributed by atoms with van der Waals surface area (Å²) in [6.45, 7) is 2.38. The largest absolute Gasteiger partial charge is 0.423 e. The number of amides is 1. The van der Waals surface area contributed by atoms with E-state index in [4.69, 9.17) is 20.8 Å². The van der Waals surface area contributed by atoms with Gasteiger partial charge in [-0.05, 0) is 50.2 Å². The molecule has 1 amide bonds. The van der Waals surface area contributed by atoms with Crippen molar-refractivity contribution in [3.05, 3.63) is 23.2 Å². The Balaban J connectivity index is 1.35. The topological polar surface area (TPSA) is 67.6 Å². The molecule has 0 spiro atoms. The van der Waals surface area contributed by atoms with Gasteiger partial charge in [0.1, 0.15) is 5.52 Å². The van der Waals surface area contributed by atoms with E-state index in [0.717, 1.165) is 50.7 Å². The van der Waals surface area contributed by atoms with E-state index in [1.165, 1.54) is 0 Å². The third-order valence-electron chi connectivity index (χ3n) is 5.65. The van der Waals surface area contributed by atoms with Crippen molar-refractivity contribution in [2.75, 3.05) is 31.7 Å². The molecule has 27 heavy (non-hydrogen) atoms. The van der Waals surface area contributed by atoms with Gasteiger partial charge in [0.15, 0.2) is 5.58 Å². The summed E-state index contributed by atoms with van der Waals surface area (Å²) in [6, 6.07) is 6.10. The van der Waals surface area contributed by atoms with Gasteiger partial charge >= 0.3 is 0 Å². The van der Waals surface area contributed by atoms with E-state index in [9.17, 15) is 4.79 Å². The highest BCUT2D eigenvalue weighted by atomic mass is 35.5. The van der Waals surface area contributed by atoms with Gasteiger partial charge in [0, 0.05) is 49.9 Å². The number of carbonyl (C=O) groups excluding carboxylic acids is 1. The Kier molecular flexibility index (Phi) is 5.28. The number of hydrogen-bond acceptors (Lipinski definition) is 5. The maximum atomic E-state index is 12.5. The van der Waals surface area contributed by atoms with Crippen LogP contribution in [0.2, 0.25) is 5.02 Å². The SMILES string of the molecule is COCCC1(NC(=O)CC2CCCN(c3nc4ccc(Cl)cc4o3)C2)CC1. The first-order valence-corrected chi connectivity index (χ1v) is 10.1. The minimum Gasteiger partial charge on any atom is -0.423 e. The van der Waals surface area contributed by atoms with Crippen LogP contribution in [-0.2, 0) is 9.53 Å². The second kappa shape index (κ2) is 7.68. The number of rotatable bonds is 7. The van der Waals surface area contributed by atoms with Gasteiger partial charge in [-0.3, -0.25) is 4.79 Å². The average Bonchev–Trinajstić information content (AvgIpc) is 3.27. The molecule has 0 bridgehead atoms. The molecule has 4 rings (SSSR count). The number of piperidine rings is 1. The van der Waals surface area contributed by atoms with Gasteiger partial charge in [0.25, 0.3) is 6.01 Å². The quantitative estimate of drug-likeness (QED) is 0.778. The smallest absolute Gasteiger partial charge is 0.298 e. The predicted octanol–water partition coefficient (Wildman–Crippen LogP) is 3.77. The lowest BCUT2D eigenvalue weighted by Gasteiger charge is -2.31. The van der Waals surface area contributed by atoms with Crippen molar-refractivity contribution in [2.45, 2.75) is 44.1 Å². The highest BCUT2D eigenvalue weighted by molar-refractivity contribution is 6.31. The van der Waals surface area contributed by atoms with E-state index in [1.54, 1.807) is 13.2 Å². The van der Waals surface area contributed by atoms with Crippen LogP contribution in [0.5, 0.6) is 0 Å². The molecule has 1 saturated carbocycles. The summed E-state index contributed by atoms with van der Waals surface area (Å²) in [6.07, 6.45) is 5.66. The Bertz CT molecular complexity index is 818. The second-order valence-corrected chi connectivity index (χ2v) is 8.27. The Hall–Kier alpha value is -1.79. The zero-order valence-corrected chi connectivity index (χ0v) is 16.4. The van der Waals surface area contributed by atoms with E-state index < -0.39 is 0 Å². The first-order valence-electron chi connectivity index (χ1n) is 9.68. The molecular weight excluding hydrogens is 366 g/mol. The van der Waals surface area contributed by atoms with E-state index >= 15 is 0 Å². The lowest BCUT2D eigenvalue weighted by molar-refractivity contribution is -0.123. The van der Waals surface area contributed by atoms with Crippen LogP contribution in [0.3, 0.4) is 0 Å². The molecule has 1 N–H and O–H groups in total. The fourth-order valence-corrected chi connectivity index (χ4v) is 4.08. The summed E-state index contributed by atoms with van der Waals surface area (Å²) in [5.41, 5.74) is 1.50. The minimum atomic E-state index is -0.0129. The van der Waals surface area contributed by atoms with Crippen LogP contribution in [0, 0.1) is 5.92 Å². The molecule has 2 fully saturated rings. The van der Waals surface area contributed by atoms with Crippen molar-refractivity contribution in [3.63, 3.8) is 0 Å². The van der Waals surface area contributed by atoms with Gasteiger partial charge in [-0.15, -0.1) is 0 Å². The van der Waals surface area contributed by atoms with Crippen LogP contribution in [0.15, 0.2) is 22.6 Å². The van der Waals surface area contributed by atoms with Crippen molar-refractivity contribution < 1.29 is 13.9 Å². The molecule has 2 heterocycles. The number of anilines is 1. The maximum absolute atomic E-state index is 12.5. The lowest BCUT2D eigenvalue weighted by atomic mass is 9.94. The predicted molar refractivity (Wildman–Crippen MR) is 105 cm³/mol. The van der Waals surface area contributed by atoms with Crippen LogP contribution in [0.25, 0.3) is 11.1 Å². The number of methoxy groups -OCH3 is 1. The first-order chi connectivity index (χ1) is 13.1. The molecule has 1 atom stereocenters. The molecule has 1 saturated heterocycles. The van der Waals surface area contributed by atoms with E-state index in [1.807, 2.05) is 12.1 Å². The van der Waals surface area contributed by atoms with Gasteiger partial charge in [-0.25, -0.2) is 0 Å². The number of halogens is 1. The van der Waals surface area contributed by atoms with E-state index in [2.05, 4.69) is 15.2 Å². The fraction of sp³-hybridized carbons (Fsp3) is 0.600. The van der Waals surface area contributed by atoms with Gasteiger partial charge in [0.2, 0.25) is 5.91 Å². The molecule has 1 aromatic heterocycles. The van der Waals surface area contributed by atoms with Gasteiger partial charge in [-0.1, -0.05) is 11.6 Å². The summed E-state index contributed by atoms with van der Waals surface area (Å²) in [5, 5.41) is 3.88. The average molecular weight is 392 g/mol. The first kappa shape index (κ1) is 18.6. The fourth-order valence-electron chi connectivity index (χ4n) is 3.92. The van der Waals surface area contributed by atoms with Crippen molar-refractivity contribution in [1.29, 1.82) is 0 Å². The number of nitrogens with one attached hydrogen (secondary N) is 1. The molecule has 1 unspecified atom stereocenters. The van der Waals surface area contributed by atoms with Gasteiger partial charge in [0.05, 0.1) is 0 Å². The number of ether oxygens (including phenoxy) is 1. The summed E-state index contributed by atoms with van der Waals surface area (Å²) in [7, 11) is 1.70. The number of benzene rings is 1. The Morgan fingerprint density at radius 2 is 2.33 bits per heavy atom. The molecule has 1 aliphatic carbocycles. The second-order valence-electron chi connectivity index (χ2n) is 7.84. The van der Waals surface area contributed by atoms with Crippen LogP contribution in [0.4, 0.5) is 6.01 Å². The Morgan fingerprint density at radius 3 is 3.11 bits per heavy atom. The summed E-state index contributed by atoms with van der Waals surface area (Å²) in [5.74, 6) is 0.468. The molecule has 146 valence electrons. The number of nitrogens with zero attached hydrogens (tertiary/aromatic N) is 2. The Labute approximate surface area is 164 Å². The van der Waals surface area contributed by atoms with Gasteiger partial charge in [-0.2, -0.15) is 4.98 Å². The van der Waals surface area contributed by atoms with Crippen LogP contribution < -0.4 is 10.2 Å². The Morgan fingerprint density at radius 1 is 1.48 bits per heavy atom. The highest BCUT2D eigenvalue weighted by Gasteiger charge is 2.43. The summed E-state index contributed by atoms with van der Waals surface area (Å²) < 4.78 is 11.1. The number of carbonyl (C=O) groups is 1. The van der Waals surface area contributed by atoms with E-state index in [0.29, 0.717) is 35.6 Å². The minimum absolute atomic E-state index is 0.0129. The van der Waals surface area contributed by atoms with Crippen molar-refractivity contribution >= 4 is 34.6 Å². The van der Waals surface area contributed by atoms with Crippen LogP contribution in [-0.4, -0.2) is 43.2 Å². The number of aromatic nitrogens is 1. The third-order valence-corrected chi connectivity index (χ3v) is 5.88. The molecule has 1 aromatic carbocycles. The third kappa shape index (κ3) is 4.38. The monoisotopic (exact) mass is 391 g/mol. The maximum Gasteiger partial charge on any atom is 0.298 e. The van der Waals surface area contributed by atoms with Crippen molar-refractivity contribution in [3.8, 4) is 0 Å². The molecule has 2 aromatic rings. The normalized spacial score (nSPS) is 21.4. The van der Waals surface area contributed by atoms with Crippen molar-refractivity contribution in [2.24, 2.45) is 5.92 Å². The molecule has 6 nitrogen and oxygen atoms in total. The molecule has 1 aliphatic heterocycles.